The maximum absolute atomic E-state index is 11.1. The van der Waals surface area contributed by atoms with Gasteiger partial charge in [-0.1, -0.05) is 31.9 Å². The van der Waals surface area contributed by atoms with Crippen molar-refractivity contribution in [2.45, 2.75) is 76.0 Å². The zero-order chi connectivity index (χ0) is 25.5. The number of thioether (sulfide) groups is 1. The van der Waals surface area contributed by atoms with Crippen LogP contribution >= 0.6 is 11.8 Å². The number of carboxylic acid groups (broad SMARTS) is 2. The van der Waals surface area contributed by atoms with Gasteiger partial charge in [0.15, 0.2) is 0 Å². The number of ether oxygens (including phenoxy) is 2. The van der Waals surface area contributed by atoms with Crippen LogP contribution in [0.25, 0.3) is 0 Å². The molecule has 0 heterocycles. The van der Waals surface area contributed by atoms with E-state index in [1.165, 1.54) is 10.5 Å². The Bertz CT molecular complexity index is 921. The van der Waals surface area contributed by atoms with Crippen LogP contribution in [0.5, 0.6) is 11.5 Å². The van der Waals surface area contributed by atoms with Crippen molar-refractivity contribution in [1.82, 2.24) is 0 Å². The fourth-order valence-corrected chi connectivity index (χ4v) is 4.40. The van der Waals surface area contributed by atoms with E-state index in [2.05, 4.69) is 31.4 Å². The lowest BCUT2D eigenvalue weighted by atomic mass is 9.97. The van der Waals surface area contributed by atoms with E-state index in [4.69, 9.17) is 19.7 Å². The first-order valence-electron chi connectivity index (χ1n) is 12.4. The van der Waals surface area contributed by atoms with E-state index in [0.29, 0.717) is 31.8 Å². The summed E-state index contributed by atoms with van der Waals surface area (Å²) in [5.74, 6) is -0.0813. The van der Waals surface area contributed by atoms with E-state index in [1.807, 2.05) is 18.2 Å². The predicted molar refractivity (Wildman–Crippen MR) is 140 cm³/mol. The molecular formula is C28H38O6S. The molecule has 6 nitrogen and oxygen atoms in total. The van der Waals surface area contributed by atoms with Gasteiger partial charge in [-0.05, 0) is 85.7 Å². The first-order valence-corrected chi connectivity index (χ1v) is 13.6. The summed E-state index contributed by atoms with van der Waals surface area (Å²) in [5.41, 5.74) is 3.33. The van der Waals surface area contributed by atoms with E-state index in [-0.39, 0.29) is 12.8 Å². The van der Waals surface area contributed by atoms with Crippen LogP contribution in [0.1, 0.15) is 68.6 Å². The molecule has 0 amide bonds. The zero-order valence-corrected chi connectivity index (χ0v) is 21.7. The first-order chi connectivity index (χ1) is 16.9. The number of carboxylic acids is 2. The van der Waals surface area contributed by atoms with Crippen molar-refractivity contribution < 1.29 is 29.3 Å². The molecule has 0 radical (unpaired) electrons. The summed E-state index contributed by atoms with van der Waals surface area (Å²) < 4.78 is 11.8. The summed E-state index contributed by atoms with van der Waals surface area (Å²) in [6.07, 6.45) is 8.97. The van der Waals surface area contributed by atoms with Crippen LogP contribution in [0, 0.1) is 0 Å². The van der Waals surface area contributed by atoms with Gasteiger partial charge >= 0.3 is 11.9 Å². The lowest BCUT2D eigenvalue weighted by Crippen LogP contribution is -2.07. The number of hydrogen-bond acceptors (Lipinski definition) is 5. The molecule has 192 valence electrons. The topological polar surface area (TPSA) is 93.1 Å². The normalized spacial score (nSPS) is 10.8. The fraction of sp³-hybridized carbons (Fsp3) is 0.500. The molecule has 0 saturated carbocycles. The van der Waals surface area contributed by atoms with Gasteiger partial charge in [0.25, 0.3) is 0 Å². The van der Waals surface area contributed by atoms with Gasteiger partial charge in [0.1, 0.15) is 11.5 Å². The molecule has 0 unspecified atom stereocenters. The summed E-state index contributed by atoms with van der Waals surface area (Å²) in [7, 11) is 0. The zero-order valence-electron chi connectivity index (χ0n) is 20.9. The monoisotopic (exact) mass is 502 g/mol. The number of aliphatic carboxylic acids is 2. The number of benzene rings is 2. The summed E-state index contributed by atoms with van der Waals surface area (Å²) in [4.78, 5) is 23.1. The summed E-state index contributed by atoms with van der Waals surface area (Å²) in [6, 6.07) is 12.2. The summed E-state index contributed by atoms with van der Waals surface area (Å²) in [6.45, 7) is 3.15. The summed E-state index contributed by atoms with van der Waals surface area (Å²) >= 11 is 1.73. The molecule has 0 aromatic heterocycles. The van der Waals surface area contributed by atoms with Crippen LogP contribution in [-0.2, 0) is 28.9 Å². The molecule has 2 N–H and O–H groups in total. The molecule has 0 bridgehead atoms. The molecule has 7 heteroatoms. The molecule has 0 atom stereocenters. The van der Waals surface area contributed by atoms with E-state index in [1.54, 1.807) is 11.8 Å². The maximum atomic E-state index is 11.1. The second-order valence-corrected chi connectivity index (χ2v) is 9.40. The highest BCUT2D eigenvalue weighted by molar-refractivity contribution is 7.98. The number of unbranched alkanes of at least 4 members (excludes halogenated alkanes) is 3. The fourth-order valence-electron chi connectivity index (χ4n) is 3.90. The van der Waals surface area contributed by atoms with Crippen LogP contribution in [0.15, 0.2) is 41.3 Å². The Morgan fingerprint density at radius 1 is 0.857 bits per heavy atom. The Kier molecular flexibility index (Phi) is 13.1. The van der Waals surface area contributed by atoms with Crippen molar-refractivity contribution in [3.8, 4) is 11.5 Å². The van der Waals surface area contributed by atoms with Crippen molar-refractivity contribution in [2.24, 2.45) is 0 Å². The Hall–Kier alpha value is -2.67. The van der Waals surface area contributed by atoms with Crippen molar-refractivity contribution in [2.75, 3.05) is 19.5 Å². The molecule has 35 heavy (non-hydrogen) atoms. The Balaban J connectivity index is 1.81. The van der Waals surface area contributed by atoms with Gasteiger partial charge in [-0.25, -0.2) is 0 Å². The lowest BCUT2D eigenvalue weighted by molar-refractivity contribution is -0.138. The quantitative estimate of drug-likeness (QED) is 0.180. The molecule has 0 spiro atoms. The van der Waals surface area contributed by atoms with Crippen molar-refractivity contribution in [1.29, 1.82) is 0 Å². The van der Waals surface area contributed by atoms with Crippen LogP contribution in [0.2, 0.25) is 0 Å². The molecule has 0 aliphatic heterocycles. The Morgan fingerprint density at radius 2 is 1.60 bits per heavy atom. The maximum Gasteiger partial charge on any atom is 0.303 e. The van der Waals surface area contributed by atoms with E-state index < -0.39 is 11.9 Å². The second-order valence-electron chi connectivity index (χ2n) is 8.52. The standard InChI is InChI=1S/C28H38O6S/c1-3-21-18-23(20-24(19-21)35-2)33-16-7-5-4-6-10-22-11-8-12-26(25(22)14-15-28(31)32)34-17-9-13-27(29)30/h8,11-12,18-20H,3-7,9-10,13-17H2,1-2H3,(H,29,30)(H,31,32). The average molecular weight is 503 g/mol. The molecule has 0 saturated heterocycles. The molecule has 2 aromatic rings. The Morgan fingerprint density at radius 3 is 2.31 bits per heavy atom. The van der Waals surface area contributed by atoms with Gasteiger partial charge in [0, 0.05) is 17.7 Å². The van der Waals surface area contributed by atoms with E-state index in [9.17, 15) is 9.59 Å². The highest BCUT2D eigenvalue weighted by Crippen LogP contribution is 2.27. The molecule has 0 aliphatic carbocycles. The summed E-state index contributed by atoms with van der Waals surface area (Å²) in [5, 5.41) is 18.0. The number of aryl methyl sites for hydroxylation is 2. The molecule has 2 aromatic carbocycles. The minimum Gasteiger partial charge on any atom is -0.494 e. The average Bonchev–Trinajstić information content (AvgIpc) is 2.84. The molecule has 0 fully saturated rings. The highest BCUT2D eigenvalue weighted by atomic mass is 32.2. The largest absolute Gasteiger partial charge is 0.494 e. The van der Waals surface area contributed by atoms with Crippen molar-refractivity contribution >= 4 is 23.7 Å². The van der Waals surface area contributed by atoms with Crippen molar-refractivity contribution in [3.63, 3.8) is 0 Å². The third kappa shape index (κ3) is 11.1. The smallest absolute Gasteiger partial charge is 0.303 e. The van der Waals surface area contributed by atoms with Gasteiger partial charge in [0.05, 0.1) is 13.2 Å². The third-order valence-electron chi connectivity index (χ3n) is 5.80. The van der Waals surface area contributed by atoms with E-state index >= 15 is 0 Å². The van der Waals surface area contributed by atoms with Gasteiger partial charge in [0.2, 0.25) is 0 Å². The molecule has 0 aliphatic rings. The van der Waals surface area contributed by atoms with Crippen LogP contribution in [-0.4, -0.2) is 41.6 Å². The minimum atomic E-state index is -0.849. The van der Waals surface area contributed by atoms with Gasteiger partial charge in [-0.15, -0.1) is 11.8 Å². The second kappa shape index (κ2) is 16.1. The lowest BCUT2D eigenvalue weighted by Gasteiger charge is -2.15. The SMILES string of the molecule is CCc1cc(OCCCCCCc2cccc(OCCCC(=O)O)c2CCC(=O)O)cc(SC)c1. The van der Waals surface area contributed by atoms with Crippen LogP contribution in [0.3, 0.4) is 0 Å². The number of carbonyl (C=O) groups is 2. The van der Waals surface area contributed by atoms with Crippen LogP contribution in [0.4, 0.5) is 0 Å². The third-order valence-corrected chi connectivity index (χ3v) is 6.51. The number of hydrogen-bond donors (Lipinski definition) is 2. The molecular weight excluding hydrogens is 464 g/mol. The van der Waals surface area contributed by atoms with Crippen LogP contribution < -0.4 is 9.47 Å². The van der Waals surface area contributed by atoms with Gasteiger partial charge < -0.3 is 19.7 Å². The predicted octanol–water partition coefficient (Wildman–Crippen LogP) is 6.41. The van der Waals surface area contributed by atoms with E-state index in [0.717, 1.165) is 55.4 Å². The Labute approximate surface area is 213 Å². The van der Waals surface area contributed by atoms with Crippen molar-refractivity contribution in [3.05, 3.63) is 53.1 Å². The highest BCUT2D eigenvalue weighted by Gasteiger charge is 2.12. The van der Waals surface area contributed by atoms with Gasteiger partial charge in [-0.2, -0.15) is 0 Å². The number of rotatable bonds is 18. The van der Waals surface area contributed by atoms with Gasteiger partial charge in [-0.3, -0.25) is 9.59 Å². The first kappa shape index (κ1) is 28.6. The minimum absolute atomic E-state index is 0.0390. The molecule has 2 rings (SSSR count).